The summed E-state index contributed by atoms with van der Waals surface area (Å²) < 4.78 is 41.1. The normalized spacial score (nSPS) is 18.6. The van der Waals surface area contributed by atoms with Crippen LogP contribution >= 0.6 is 0 Å². The van der Waals surface area contributed by atoms with E-state index in [1.54, 1.807) is 30.5 Å². The lowest BCUT2D eigenvalue weighted by Gasteiger charge is -2.23. The fraction of sp³-hybridized carbons (Fsp3) is 0.286. The second kappa shape index (κ2) is 7.78. The van der Waals surface area contributed by atoms with Gasteiger partial charge in [-0.2, -0.15) is 0 Å². The molecular formula is C28H24F2N2O4. The molecule has 1 aromatic heterocycles. The van der Waals surface area contributed by atoms with Crippen molar-refractivity contribution in [3.05, 3.63) is 82.1 Å². The maximum Gasteiger partial charge on any atom is 0.332 e. The first-order valence-corrected chi connectivity index (χ1v) is 11.7. The molecule has 0 spiro atoms. The van der Waals surface area contributed by atoms with Crippen molar-refractivity contribution in [1.29, 1.82) is 0 Å². The molecule has 0 bridgehead atoms. The number of carbonyl (C=O) groups is 1. The van der Waals surface area contributed by atoms with E-state index in [1.165, 1.54) is 19.2 Å². The van der Waals surface area contributed by atoms with Crippen molar-refractivity contribution in [3.8, 4) is 11.6 Å². The van der Waals surface area contributed by atoms with Crippen LogP contribution in [-0.2, 0) is 23.2 Å². The minimum Gasteiger partial charge on any atom is -0.497 e. The lowest BCUT2D eigenvalue weighted by Crippen LogP contribution is -2.25. The first-order valence-electron chi connectivity index (χ1n) is 11.7. The molecule has 6 nitrogen and oxygen atoms in total. The summed E-state index contributed by atoms with van der Waals surface area (Å²) in [5.41, 5.74) is 5.00. The summed E-state index contributed by atoms with van der Waals surface area (Å²) in [4.78, 5) is 17.4. The fourth-order valence-corrected chi connectivity index (χ4v) is 5.50. The Morgan fingerprint density at radius 3 is 2.72 bits per heavy atom. The number of anilines is 2. The number of aliphatic carboxylic acids is 1. The predicted octanol–water partition coefficient (Wildman–Crippen LogP) is 5.40. The molecule has 2 aliphatic carbocycles. The summed E-state index contributed by atoms with van der Waals surface area (Å²) in [5.74, 6) is -0.802. The third-order valence-corrected chi connectivity index (χ3v) is 7.37. The second-order valence-corrected chi connectivity index (χ2v) is 10.1. The predicted molar refractivity (Wildman–Crippen MR) is 130 cm³/mol. The molecule has 6 rings (SSSR count). The molecule has 0 saturated carbocycles. The van der Waals surface area contributed by atoms with E-state index in [4.69, 9.17) is 9.47 Å². The molecule has 0 fully saturated rings. The number of hydrogen-bond donors (Lipinski definition) is 1. The number of halogens is 2. The third-order valence-electron chi connectivity index (χ3n) is 7.37. The first-order chi connectivity index (χ1) is 17.2. The lowest BCUT2D eigenvalue weighted by atomic mass is 9.86. The van der Waals surface area contributed by atoms with Crippen LogP contribution < -0.4 is 14.4 Å². The van der Waals surface area contributed by atoms with E-state index in [0.29, 0.717) is 41.4 Å². The van der Waals surface area contributed by atoms with Crippen molar-refractivity contribution in [3.63, 3.8) is 0 Å². The molecule has 3 aromatic rings. The number of benzene rings is 2. The molecular weight excluding hydrogens is 466 g/mol. The van der Waals surface area contributed by atoms with Crippen LogP contribution in [0.15, 0.2) is 48.2 Å². The van der Waals surface area contributed by atoms with Crippen LogP contribution in [0.2, 0.25) is 0 Å². The van der Waals surface area contributed by atoms with Crippen molar-refractivity contribution >= 4 is 22.9 Å². The van der Waals surface area contributed by atoms with Gasteiger partial charge in [-0.3, -0.25) is 0 Å². The van der Waals surface area contributed by atoms with Crippen LogP contribution in [0.3, 0.4) is 0 Å². The molecule has 0 unspecified atom stereocenters. The Hall–Kier alpha value is -3.94. The van der Waals surface area contributed by atoms with Crippen LogP contribution in [0.4, 0.5) is 20.2 Å². The largest absolute Gasteiger partial charge is 0.497 e. The highest BCUT2D eigenvalue weighted by Gasteiger charge is 2.48. The summed E-state index contributed by atoms with van der Waals surface area (Å²) in [6, 6.07) is 9.59. The Balaban J connectivity index is 1.28. The highest BCUT2D eigenvalue weighted by molar-refractivity contribution is 6.11. The molecule has 2 aromatic carbocycles. The minimum atomic E-state index is -0.876. The van der Waals surface area contributed by atoms with Gasteiger partial charge in [0.25, 0.3) is 0 Å². The monoisotopic (exact) mass is 490 g/mol. The molecule has 0 radical (unpaired) electrons. The fourth-order valence-electron chi connectivity index (χ4n) is 5.50. The average molecular weight is 491 g/mol. The van der Waals surface area contributed by atoms with E-state index in [1.807, 2.05) is 18.7 Å². The molecule has 184 valence electrons. The molecule has 0 saturated heterocycles. The summed E-state index contributed by atoms with van der Waals surface area (Å²) >= 11 is 0. The van der Waals surface area contributed by atoms with Gasteiger partial charge in [-0.25, -0.2) is 18.6 Å². The Kier molecular flexibility index (Phi) is 4.87. The van der Waals surface area contributed by atoms with Crippen LogP contribution in [0.25, 0.3) is 5.57 Å². The number of carboxylic acid groups (broad SMARTS) is 1. The first kappa shape index (κ1) is 22.5. The van der Waals surface area contributed by atoms with Gasteiger partial charge in [0.2, 0.25) is 5.88 Å². The third kappa shape index (κ3) is 3.43. The highest BCUT2D eigenvalue weighted by Crippen LogP contribution is 2.55. The van der Waals surface area contributed by atoms with E-state index in [2.05, 4.69) is 4.98 Å². The lowest BCUT2D eigenvalue weighted by molar-refractivity contribution is -0.132. The van der Waals surface area contributed by atoms with Gasteiger partial charge in [-0.1, -0.05) is 13.8 Å². The summed E-state index contributed by atoms with van der Waals surface area (Å²) in [5, 5.41) is 9.24. The van der Waals surface area contributed by atoms with Gasteiger partial charge in [-0.15, -0.1) is 0 Å². The average Bonchev–Trinajstić information content (AvgIpc) is 3.34. The Morgan fingerprint density at radius 2 is 1.97 bits per heavy atom. The smallest absolute Gasteiger partial charge is 0.332 e. The van der Waals surface area contributed by atoms with Crippen molar-refractivity contribution in [2.24, 2.45) is 5.92 Å². The SMILES string of the molecule is COc1ccc(F)c(N2CC(C)(C)c3cc(F)c(COc4cc5c(cn4)C4=C(C(=O)O)[C@@H]4C5)cc32)c1. The summed E-state index contributed by atoms with van der Waals surface area (Å²) in [7, 11) is 1.53. The number of methoxy groups -OCH3 is 1. The van der Waals surface area contributed by atoms with Crippen molar-refractivity contribution in [2.75, 3.05) is 18.6 Å². The summed E-state index contributed by atoms with van der Waals surface area (Å²) in [6.07, 6.45) is 2.25. The highest BCUT2D eigenvalue weighted by atomic mass is 19.1. The number of carboxylic acids is 1. The molecule has 1 aliphatic heterocycles. The molecule has 3 aliphatic rings. The van der Waals surface area contributed by atoms with E-state index in [0.717, 1.165) is 28.0 Å². The standard InChI is InChI=1S/C28H24F2N2O4/c1-28(2)13-32(23-9-16(35-3)4-5-20(23)29)22-7-15(21(30)10-19(22)28)12-36-24-8-14-6-17-25(18(14)11-31-24)26(17)27(33)34/h4-5,7-11,17H,6,12-13H2,1-3H3,(H,33,34)/t17-/m1/s1. The van der Waals surface area contributed by atoms with E-state index >= 15 is 4.39 Å². The van der Waals surface area contributed by atoms with E-state index in [9.17, 15) is 14.3 Å². The number of fused-ring (bicyclic) bond motifs is 4. The van der Waals surface area contributed by atoms with Gasteiger partial charge in [0.15, 0.2) is 0 Å². The van der Waals surface area contributed by atoms with Crippen molar-refractivity contribution in [2.45, 2.75) is 32.3 Å². The summed E-state index contributed by atoms with van der Waals surface area (Å²) in [6.45, 7) is 4.44. The Bertz CT molecular complexity index is 1480. The molecule has 1 N–H and O–H groups in total. The molecule has 2 heterocycles. The van der Waals surface area contributed by atoms with Gasteiger partial charge >= 0.3 is 5.97 Å². The zero-order valence-electron chi connectivity index (χ0n) is 20.1. The van der Waals surface area contributed by atoms with Crippen molar-refractivity contribution < 1.29 is 28.2 Å². The Morgan fingerprint density at radius 1 is 1.17 bits per heavy atom. The number of ether oxygens (including phenoxy) is 2. The van der Waals surface area contributed by atoms with Gasteiger partial charge in [0, 0.05) is 58.6 Å². The number of pyridine rings is 1. The quantitative estimate of drug-likeness (QED) is 0.499. The number of allylic oxidation sites excluding steroid dienone is 1. The van der Waals surface area contributed by atoms with Gasteiger partial charge in [-0.05, 0) is 47.4 Å². The second-order valence-electron chi connectivity index (χ2n) is 10.1. The molecule has 0 amide bonds. The topological polar surface area (TPSA) is 71.9 Å². The molecule has 8 heteroatoms. The number of hydrogen-bond acceptors (Lipinski definition) is 5. The Labute approximate surface area is 206 Å². The molecule has 1 atom stereocenters. The van der Waals surface area contributed by atoms with Crippen LogP contribution in [0.1, 0.15) is 36.1 Å². The zero-order valence-corrected chi connectivity index (χ0v) is 20.1. The number of aromatic nitrogens is 1. The maximum atomic E-state index is 15.1. The van der Waals surface area contributed by atoms with Gasteiger partial charge < -0.3 is 19.5 Å². The number of rotatable bonds is 6. The van der Waals surface area contributed by atoms with E-state index in [-0.39, 0.29) is 18.3 Å². The van der Waals surface area contributed by atoms with Crippen LogP contribution in [0, 0.1) is 17.6 Å². The van der Waals surface area contributed by atoms with Crippen LogP contribution in [-0.4, -0.2) is 29.7 Å². The minimum absolute atomic E-state index is 0.0324. The maximum absolute atomic E-state index is 15.1. The number of nitrogens with zero attached hydrogens (tertiary/aromatic N) is 2. The molecule has 36 heavy (non-hydrogen) atoms. The zero-order chi connectivity index (χ0) is 25.4. The van der Waals surface area contributed by atoms with Gasteiger partial charge in [0.05, 0.1) is 12.8 Å². The van der Waals surface area contributed by atoms with Gasteiger partial charge in [0.1, 0.15) is 24.0 Å². The van der Waals surface area contributed by atoms with E-state index < -0.39 is 17.2 Å². The van der Waals surface area contributed by atoms with Crippen molar-refractivity contribution in [1.82, 2.24) is 4.98 Å². The van der Waals surface area contributed by atoms with Crippen LogP contribution in [0.5, 0.6) is 11.6 Å².